The second kappa shape index (κ2) is 9.99. The number of pyridine rings is 1. The summed E-state index contributed by atoms with van der Waals surface area (Å²) in [4.78, 5) is 6.19. The second-order valence-electron chi connectivity index (χ2n) is 8.77. The number of nitrogens with one attached hydrogen (secondary N) is 1. The van der Waals surface area contributed by atoms with E-state index in [9.17, 15) is 13.7 Å². The molecule has 0 amide bonds. The van der Waals surface area contributed by atoms with Gasteiger partial charge in [0.15, 0.2) is 0 Å². The van der Waals surface area contributed by atoms with Crippen LogP contribution in [0, 0.1) is 11.3 Å². The summed E-state index contributed by atoms with van der Waals surface area (Å²) in [6.45, 7) is 1.13. The van der Waals surface area contributed by atoms with Crippen LogP contribution in [0.1, 0.15) is 49.3 Å². The van der Waals surface area contributed by atoms with Crippen molar-refractivity contribution in [2.24, 2.45) is 0 Å². The van der Waals surface area contributed by atoms with E-state index in [0.29, 0.717) is 31.2 Å². The van der Waals surface area contributed by atoms with Gasteiger partial charge in [-0.2, -0.15) is 5.26 Å². The van der Waals surface area contributed by atoms with Crippen LogP contribution >= 0.6 is 0 Å². The number of sulfonamides is 1. The molecule has 0 radical (unpaired) electrons. The summed E-state index contributed by atoms with van der Waals surface area (Å²) in [7, 11) is -3.34. The molecule has 2 fully saturated rings. The molecule has 1 aliphatic heterocycles. The van der Waals surface area contributed by atoms with Crippen LogP contribution in [-0.2, 0) is 14.8 Å². The van der Waals surface area contributed by atoms with Crippen LogP contribution in [0.2, 0.25) is 0 Å². The van der Waals surface area contributed by atoms with Gasteiger partial charge in [0.1, 0.15) is 11.8 Å². The topological polar surface area (TPSA) is 95.3 Å². The molecule has 1 N–H and O–H groups in total. The Morgan fingerprint density at radius 3 is 2.59 bits per heavy atom. The Morgan fingerprint density at radius 1 is 1.16 bits per heavy atom. The molecule has 0 unspecified atom stereocenters. The molecule has 4 rings (SSSR count). The molecular weight excluding hydrogens is 424 g/mol. The normalized spacial score (nSPS) is 26.1. The fourth-order valence-electron chi connectivity index (χ4n) is 4.97. The van der Waals surface area contributed by atoms with E-state index < -0.39 is 10.0 Å². The van der Waals surface area contributed by atoms with Crippen LogP contribution in [0.3, 0.4) is 0 Å². The maximum absolute atomic E-state index is 11.9. The zero-order chi connectivity index (χ0) is 22.6. The molecule has 170 valence electrons. The minimum Gasteiger partial charge on any atom is -0.376 e. The molecule has 1 saturated carbocycles. The van der Waals surface area contributed by atoms with Crippen molar-refractivity contribution in [2.75, 3.05) is 24.3 Å². The molecule has 7 nitrogen and oxygen atoms in total. The number of aromatic nitrogens is 1. The van der Waals surface area contributed by atoms with Crippen molar-refractivity contribution in [1.82, 2.24) is 9.71 Å². The Bertz CT molecular complexity index is 1050. The highest BCUT2D eigenvalue weighted by molar-refractivity contribution is 7.88. The van der Waals surface area contributed by atoms with E-state index in [-0.39, 0.29) is 18.2 Å². The molecule has 1 saturated heterocycles. The summed E-state index contributed by atoms with van der Waals surface area (Å²) >= 11 is 0. The van der Waals surface area contributed by atoms with Crippen molar-refractivity contribution in [2.45, 2.75) is 56.2 Å². The lowest BCUT2D eigenvalue weighted by molar-refractivity contribution is 0.0157. The monoisotopic (exact) mass is 454 g/mol. The van der Waals surface area contributed by atoms with E-state index >= 15 is 0 Å². The third-order valence-corrected chi connectivity index (χ3v) is 7.28. The van der Waals surface area contributed by atoms with Crippen molar-refractivity contribution in [3.05, 3.63) is 59.9 Å². The molecule has 2 aromatic rings. The van der Waals surface area contributed by atoms with Crippen LogP contribution in [-0.4, -0.2) is 51.0 Å². The first kappa shape index (κ1) is 22.7. The predicted octanol–water partition coefficient (Wildman–Crippen LogP) is 3.19. The Morgan fingerprint density at radius 2 is 1.91 bits per heavy atom. The molecule has 2 aliphatic rings. The van der Waals surface area contributed by atoms with E-state index in [0.717, 1.165) is 31.4 Å². The van der Waals surface area contributed by atoms with Crippen molar-refractivity contribution in [1.29, 1.82) is 5.26 Å². The third-order valence-electron chi connectivity index (χ3n) is 6.55. The highest BCUT2D eigenvalue weighted by Gasteiger charge is 2.37. The molecule has 2 atom stereocenters. The van der Waals surface area contributed by atoms with Gasteiger partial charge in [0.25, 0.3) is 0 Å². The summed E-state index contributed by atoms with van der Waals surface area (Å²) in [5.41, 5.74) is 2.62. The Balaban J connectivity index is 1.41. The summed E-state index contributed by atoms with van der Waals surface area (Å²) in [5.74, 6) is 0.583. The number of anilines is 1. The van der Waals surface area contributed by atoms with Gasteiger partial charge < -0.3 is 9.64 Å². The first-order valence-electron chi connectivity index (χ1n) is 11.2. The molecule has 1 aliphatic carbocycles. The number of hydrogen-bond acceptors (Lipinski definition) is 6. The van der Waals surface area contributed by atoms with Gasteiger partial charge in [-0.15, -0.1) is 0 Å². The third kappa shape index (κ3) is 5.66. The number of rotatable bonds is 7. The van der Waals surface area contributed by atoms with Gasteiger partial charge in [-0.05, 0) is 55.7 Å². The second-order valence-corrected chi connectivity index (χ2v) is 10.6. The minimum absolute atomic E-state index is 0.134. The number of ether oxygens (including phenoxy) is 1. The predicted molar refractivity (Wildman–Crippen MR) is 124 cm³/mol. The first-order chi connectivity index (χ1) is 15.4. The van der Waals surface area contributed by atoms with Gasteiger partial charge in [0, 0.05) is 24.5 Å². The van der Waals surface area contributed by atoms with Gasteiger partial charge in [-0.3, -0.25) is 0 Å². The van der Waals surface area contributed by atoms with E-state index in [4.69, 9.17) is 4.74 Å². The van der Waals surface area contributed by atoms with Crippen molar-refractivity contribution >= 4 is 15.7 Å². The number of hydrogen-bond donors (Lipinski definition) is 1. The number of nitriles is 1. The fraction of sp³-hybridized carbons (Fsp3) is 0.500. The lowest BCUT2D eigenvalue weighted by atomic mass is 9.83. The van der Waals surface area contributed by atoms with E-state index in [2.05, 4.69) is 51.0 Å². The van der Waals surface area contributed by atoms with E-state index in [1.807, 2.05) is 6.07 Å². The van der Waals surface area contributed by atoms with Crippen molar-refractivity contribution in [3.8, 4) is 6.07 Å². The molecule has 2 heterocycles. The first-order valence-corrected chi connectivity index (χ1v) is 13.1. The highest BCUT2D eigenvalue weighted by atomic mass is 32.2. The summed E-state index contributed by atoms with van der Waals surface area (Å²) in [5, 5.41) is 9.21. The molecule has 0 bridgehead atoms. The maximum Gasteiger partial charge on any atom is 0.209 e. The Kier molecular flexibility index (Phi) is 7.09. The van der Waals surface area contributed by atoms with Crippen molar-refractivity contribution < 1.29 is 13.2 Å². The molecule has 0 spiro atoms. The lowest BCUT2D eigenvalue weighted by Gasteiger charge is -2.33. The average molecular weight is 455 g/mol. The van der Waals surface area contributed by atoms with Crippen molar-refractivity contribution in [3.63, 3.8) is 0 Å². The molecule has 1 aromatic heterocycles. The van der Waals surface area contributed by atoms with Crippen LogP contribution in [0.5, 0.6) is 0 Å². The van der Waals surface area contributed by atoms with Gasteiger partial charge in [-0.25, -0.2) is 18.1 Å². The van der Waals surface area contributed by atoms with Gasteiger partial charge in [-0.1, -0.05) is 30.3 Å². The standard InChI is InChI=1S/C24H30N4O3S/c1-32(29,30)27-23-12-14-28(21-11-13-26-20(15-21)16-25)24(23)17-31-22-9-7-19(8-10-22)18-5-3-2-4-6-18/h2-6,11,13,15,19,22-24,27H,7-10,12,14,17H2,1H3/t19-,22+,23-,24-/m0/s1. The molecule has 32 heavy (non-hydrogen) atoms. The van der Waals surface area contributed by atoms with Gasteiger partial charge in [0.05, 0.1) is 25.0 Å². The van der Waals surface area contributed by atoms with Gasteiger partial charge >= 0.3 is 0 Å². The summed E-state index contributed by atoms with van der Waals surface area (Å²) < 4.78 is 33.0. The summed E-state index contributed by atoms with van der Waals surface area (Å²) in [6, 6.07) is 16.0. The van der Waals surface area contributed by atoms with Crippen LogP contribution in [0.15, 0.2) is 48.7 Å². The molecule has 1 aromatic carbocycles. The molecular formula is C24H30N4O3S. The van der Waals surface area contributed by atoms with Gasteiger partial charge in [0.2, 0.25) is 10.0 Å². The molecule has 8 heteroatoms. The lowest BCUT2D eigenvalue weighted by Crippen LogP contribution is -2.48. The Hall–Kier alpha value is -2.47. The van der Waals surface area contributed by atoms with Crippen LogP contribution in [0.25, 0.3) is 0 Å². The minimum atomic E-state index is -3.34. The number of nitrogens with zero attached hydrogens (tertiary/aromatic N) is 3. The zero-order valence-corrected chi connectivity index (χ0v) is 19.2. The Labute approximate surface area is 190 Å². The SMILES string of the molecule is CS(=O)(=O)N[C@H]1CCN(c2ccnc(C#N)c2)[C@H]1CO[C@H]1CC[C@@H](c2ccccc2)CC1. The zero-order valence-electron chi connectivity index (χ0n) is 18.4. The maximum atomic E-state index is 11.9. The smallest absolute Gasteiger partial charge is 0.209 e. The number of benzene rings is 1. The van der Waals surface area contributed by atoms with Crippen LogP contribution < -0.4 is 9.62 Å². The largest absolute Gasteiger partial charge is 0.376 e. The highest BCUT2D eigenvalue weighted by Crippen LogP contribution is 2.34. The van der Waals surface area contributed by atoms with Crippen LogP contribution in [0.4, 0.5) is 5.69 Å². The quantitative estimate of drug-likeness (QED) is 0.690. The summed E-state index contributed by atoms with van der Waals surface area (Å²) in [6.07, 6.45) is 7.89. The van der Waals surface area contributed by atoms with E-state index in [1.54, 1.807) is 12.3 Å². The fourth-order valence-corrected chi connectivity index (χ4v) is 5.80. The van der Waals surface area contributed by atoms with E-state index in [1.165, 1.54) is 11.8 Å². The average Bonchev–Trinajstić information content (AvgIpc) is 3.19.